The van der Waals surface area contributed by atoms with Crippen molar-refractivity contribution in [3.63, 3.8) is 0 Å². The van der Waals surface area contributed by atoms with Crippen molar-refractivity contribution in [2.24, 2.45) is 0 Å². The van der Waals surface area contributed by atoms with Crippen molar-refractivity contribution < 1.29 is 14.3 Å². The van der Waals surface area contributed by atoms with Crippen LogP contribution in [0.5, 0.6) is 0 Å². The van der Waals surface area contributed by atoms with Crippen LogP contribution in [0.3, 0.4) is 0 Å². The van der Waals surface area contributed by atoms with Crippen molar-refractivity contribution in [3.8, 4) is 0 Å². The van der Waals surface area contributed by atoms with Gasteiger partial charge in [-0.25, -0.2) is 4.98 Å². The number of nitrogens with zero attached hydrogens (tertiary/aromatic N) is 3. The molecule has 1 aromatic heterocycles. The molecule has 3 aromatic rings. The molecule has 170 valence electrons. The fraction of sp³-hybridized carbons (Fsp3) is 0.348. The van der Waals surface area contributed by atoms with Gasteiger partial charge in [-0.1, -0.05) is 23.4 Å². The first-order chi connectivity index (χ1) is 15.5. The van der Waals surface area contributed by atoms with E-state index in [1.54, 1.807) is 36.3 Å². The second-order valence-corrected chi connectivity index (χ2v) is 8.44. The maximum absolute atomic E-state index is 12.5. The van der Waals surface area contributed by atoms with Crippen molar-refractivity contribution in [2.75, 3.05) is 37.9 Å². The van der Waals surface area contributed by atoms with Gasteiger partial charge in [0.25, 0.3) is 5.91 Å². The molecule has 0 radical (unpaired) electrons. The van der Waals surface area contributed by atoms with E-state index in [0.29, 0.717) is 42.5 Å². The van der Waals surface area contributed by atoms with Gasteiger partial charge in [-0.3, -0.25) is 9.59 Å². The van der Waals surface area contributed by atoms with Crippen molar-refractivity contribution in [2.45, 2.75) is 25.5 Å². The van der Waals surface area contributed by atoms with E-state index in [-0.39, 0.29) is 17.6 Å². The number of amides is 2. The van der Waals surface area contributed by atoms with E-state index in [1.165, 1.54) is 11.8 Å². The number of anilines is 1. The molecule has 1 heterocycles. The molecule has 2 aromatic carbocycles. The Morgan fingerprint density at radius 3 is 2.53 bits per heavy atom. The predicted octanol–water partition coefficient (Wildman–Crippen LogP) is 4.55. The molecule has 0 aliphatic rings. The summed E-state index contributed by atoms with van der Waals surface area (Å²) < 4.78 is 7.24. The summed E-state index contributed by atoms with van der Waals surface area (Å²) in [6, 6.07) is 12.5. The number of carbonyl (C=O) groups excluding carboxylic acids is 2. The van der Waals surface area contributed by atoms with Crippen LogP contribution in [0.4, 0.5) is 5.69 Å². The molecular formula is C23H27ClN4O3S. The highest BCUT2D eigenvalue weighted by Gasteiger charge is 2.15. The van der Waals surface area contributed by atoms with Gasteiger partial charge < -0.3 is 19.5 Å². The Balaban J connectivity index is 1.64. The summed E-state index contributed by atoms with van der Waals surface area (Å²) in [4.78, 5) is 31.3. The standard InChI is InChI=1S/C23H27ClN4O3S/c1-4-27(5-2)22(30)16-6-9-18(10-7-16)25-21(29)15-32-23-26-19-14-17(24)8-11-20(19)28(23)12-13-31-3/h6-11,14H,4-5,12-13,15H2,1-3H3,(H,25,29). The minimum absolute atomic E-state index is 0.0153. The van der Waals surface area contributed by atoms with Crippen LogP contribution in [-0.2, 0) is 16.1 Å². The summed E-state index contributed by atoms with van der Waals surface area (Å²) in [5.41, 5.74) is 2.98. The molecule has 7 nitrogen and oxygen atoms in total. The lowest BCUT2D eigenvalue weighted by Gasteiger charge is -2.18. The molecule has 32 heavy (non-hydrogen) atoms. The largest absolute Gasteiger partial charge is 0.383 e. The molecule has 1 N–H and O–H groups in total. The summed E-state index contributed by atoms with van der Waals surface area (Å²) in [5.74, 6) is 0.0316. The first-order valence-corrected chi connectivity index (χ1v) is 11.8. The maximum atomic E-state index is 12.5. The van der Waals surface area contributed by atoms with E-state index in [4.69, 9.17) is 16.3 Å². The fourth-order valence-electron chi connectivity index (χ4n) is 3.31. The van der Waals surface area contributed by atoms with Gasteiger partial charge in [0.05, 0.1) is 23.4 Å². The summed E-state index contributed by atoms with van der Waals surface area (Å²) in [5, 5.41) is 4.22. The van der Waals surface area contributed by atoms with Crippen LogP contribution in [0.25, 0.3) is 11.0 Å². The number of methoxy groups -OCH3 is 1. The van der Waals surface area contributed by atoms with Crippen molar-refractivity contribution >= 4 is 51.9 Å². The van der Waals surface area contributed by atoms with Gasteiger partial charge in [-0.15, -0.1) is 0 Å². The monoisotopic (exact) mass is 474 g/mol. The maximum Gasteiger partial charge on any atom is 0.253 e. The molecule has 0 unspecified atom stereocenters. The Morgan fingerprint density at radius 2 is 1.88 bits per heavy atom. The number of hydrogen-bond donors (Lipinski definition) is 1. The lowest BCUT2D eigenvalue weighted by molar-refractivity contribution is -0.113. The topological polar surface area (TPSA) is 76.5 Å². The predicted molar refractivity (Wildman–Crippen MR) is 130 cm³/mol. The molecule has 0 saturated carbocycles. The minimum atomic E-state index is -0.152. The zero-order valence-corrected chi connectivity index (χ0v) is 20.0. The van der Waals surface area contributed by atoms with Gasteiger partial charge in [-0.2, -0.15) is 0 Å². The normalized spacial score (nSPS) is 11.0. The number of fused-ring (bicyclic) bond motifs is 1. The Morgan fingerprint density at radius 1 is 1.16 bits per heavy atom. The zero-order valence-electron chi connectivity index (χ0n) is 18.4. The number of hydrogen-bond acceptors (Lipinski definition) is 5. The second-order valence-electron chi connectivity index (χ2n) is 7.06. The number of thioether (sulfide) groups is 1. The number of benzene rings is 2. The molecule has 0 aliphatic heterocycles. The Kier molecular flexibility index (Phi) is 8.55. The van der Waals surface area contributed by atoms with E-state index in [1.807, 2.05) is 36.6 Å². The van der Waals surface area contributed by atoms with Crippen molar-refractivity contribution in [1.82, 2.24) is 14.5 Å². The Bertz CT molecular complexity index is 1080. The van der Waals surface area contributed by atoms with Gasteiger partial charge in [0.1, 0.15) is 0 Å². The number of halogens is 1. The average Bonchev–Trinajstić information content (AvgIpc) is 3.13. The van der Waals surface area contributed by atoms with Crippen LogP contribution >= 0.6 is 23.4 Å². The van der Waals surface area contributed by atoms with E-state index in [0.717, 1.165) is 16.2 Å². The summed E-state index contributed by atoms with van der Waals surface area (Å²) in [6.45, 7) is 6.38. The third-order valence-electron chi connectivity index (χ3n) is 4.99. The Hall–Kier alpha value is -2.55. The number of imidazole rings is 1. The highest BCUT2D eigenvalue weighted by molar-refractivity contribution is 7.99. The summed E-state index contributed by atoms with van der Waals surface area (Å²) in [6.07, 6.45) is 0. The lowest BCUT2D eigenvalue weighted by atomic mass is 10.2. The summed E-state index contributed by atoms with van der Waals surface area (Å²) >= 11 is 7.45. The fourth-order valence-corrected chi connectivity index (χ4v) is 4.31. The number of ether oxygens (including phenoxy) is 1. The number of carbonyl (C=O) groups is 2. The quantitative estimate of drug-likeness (QED) is 0.436. The second kappa shape index (κ2) is 11.4. The van der Waals surface area contributed by atoms with E-state index in [9.17, 15) is 9.59 Å². The van der Waals surface area contributed by atoms with Crippen LogP contribution in [0, 0.1) is 0 Å². The first-order valence-electron chi connectivity index (χ1n) is 10.4. The van der Waals surface area contributed by atoms with Gasteiger partial charge in [0, 0.05) is 43.0 Å². The van der Waals surface area contributed by atoms with Crippen LogP contribution < -0.4 is 5.32 Å². The van der Waals surface area contributed by atoms with E-state index >= 15 is 0 Å². The molecule has 0 saturated heterocycles. The summed E-state index contributed by atoms with van der Waals surface area (Å²) in [7, 11) is 1.65. The van der Waals surface area contributed by atoms with E-state index < -0.39 is 0 Å². The third kappa shape index (κ3) is 5.82. The number of aromatic nitrogens is 2. The minimum Gasteiger partial charge on any atom is -0.383 e. The smallest absolute Gasteiger partial charge is 0.253 e. The van der Waals surface area contributed by atoms with Gasteiger partial charge in [0.15, 0.2) is 5.16 Å². The average molecular weight is 475 g/mol. The molecule has 3 rings (SSSR count). The lowest BCUT2D eigenvalue weighted by Crippen LogP contribution is -2.30. The number of nitrogens with one attached hydrogen (secondary N) is 1. The zero-order chi connectivity index (χ0) is 23.1. The van der Waals surface area contributed by atoms with Gasteiger partial charge in [-0.05, 0) is 56.3 Å². The van der Waals surface area contributed by atoms with Crippen LogP contribution in [0.1, 0.15) is 24.2 Å². The molecule has 0 fully saturated rings. The number of rotatable bonds is 10. The molecule has 2 amide bonds. The van der Waals surface area contributed by atoms with Crippen molar-refractivity contribution in [3.05, 3.63) is 53.1 Å². The van der Waals surface area contributed by atoms with Gasteiger partial charge in [0.2, 0.25) is 5.91 Å². The third-order valence-corrected chi connectivity index (χ3v) is 6.20. The molecule has 0 aliphatic carbocycles. The molecule has 0 atom stereocenters. The SMILES string of the molecule is CCN(CC)C(=O)c1ccc(NC(=O)CSc2nc3cc(Cl)ccc3n2CCOC)cc1. The molecule has 9 heteroatoms. The van der Waals surface area contributed by atoms with Crippen LogP contribution in [0.15, 0.2) is 47.6 Å². The first kappa shape index (κ1) is 24.1. The highest BCUT2D eigenvalue weighted by Crippen LogP contribution is 2.26. The molecular weight excluding hydrogens is 448 g/mol. The van der Waals surface area contributed by atoms with E-state index in [2.05, 4.69) is 10.3 Å². The van der Waals surface area contributed by atoms with Crippen LogP contribution in [-0.4, -0.2) is 58.8 Å². The van der Waals surface area contributed by atoms with Crippen LogP contribution in [0.2, 0.25) is 5.02 Å². The molecule has 0 spiro atoms. The highest BCUT2D eigenvalue weighted by atomic mass is 35.5. The van der Waals surface area contributed by atoms with Gasteiger partial charge >= 0.3 is 0 Å². The Labute approximate surface area is 197 Å². The molecule has 0 bridgehead atoms. The van der Waals surface area contributed by atoms with Crippen molar-refractivity contribution in [1.29, 1.82) is 0 Å².